The summed E-state index contributed by atoms with van der Waals surface area (Å²) in [5.41, 5.74) is 0.627. The molecule has 2 saturated heterocycles. The number of likely N-dealkylation sites (tertiary alicyclic amines) is 1. The molecule has 6 heteroatoms. The number of ether oxygens (including phenoxy) is 2. The smallest absolute Gasteiger partial charge is 0.239 e. The average Bonchev–Trinajstić information content (AvgIpc) is 3.03. The van der Waals surface area contributed by atoms with Gasteiger partial charge in [0.15, 0.2) is 5.79 Å². The number of hydrogen-bond donors (Lipinski definition) is 1. The van der Waals surface area contributed by atoms with Crippen LogP contribution in [0.2, 0.25) is 0 Å². The lowest BCUT2D eigenvalue weighted by atomic mass is 9.88. The fraction of sp³-hybridized carbons (Fsp3) is 0.579. The number of anilines is 1. The van der Waals surface area contributed by atoms with Crippen molar-refractivity contribution in [3.05, 3.63) is 29.8 Å². The maximum Gasteiger partial charge on any atom is 0.239 e. The number of benzene rings is 1. The summed E-state index contributed by atoms with van der Waals surface area (Å²) < 4.78 is 11.4. The van der Waals surface area contributed by atoms with Crippen molar-refractivity contribution in [3.8, 4) is 0 Å². The highest BCUT2D eigenvalue weighted by Gasteiger charge is 2.45. The first kappa shape index (κ1) is 17.9. The second-order valence-corrected chi connectivity index (χ2v) is 7.35. The minimum absolute atomic E-state index is 0.162. The van der Waals surface area contributed by atoms with Gasteiger partial charge in [-0.15, -0.1) is 0 Å². The van der Waals surface area contributed by atoms with E-state index in [9.17, 15) is 9.59 Å². The monoisotopic (exact) mass is 346 g/mol. The Labute approximate surface area is 148 Å². The van der Waals surface area contributed by atoms with Crippen molar-refractivity contribution in [1.29, 1.82) is 0 Å². The zero-order valence-electron chi connectivity index (χ0n) is 15.1. The largest absolute Gasteiger partial charge is 0.347 e. The second kappa shape index (κ2) is 6.77. The Kier molecular flexibility index (Phi) is 4.84. The molecule has 136 valence electrons. The molecule has 0 bridgehead atoms. The summed E-state index contributed by atoms with van der Waals surface area (Å²) in [7, 11) is 0. The minimum Gasteiger partial charge on any atom is -0.347 e. The van der Waals surface area contributed by atoms with Gasteiger partial charge in [-0.25, -0.2) is 0 Å². The standard InChI is InChI=1S/C19H26N2O4/c1-14-5-4-6-15(13-14)20-16(22)18(2,3)17(23)21-9-7-19(8-10-21)24-11-12-25-19/h4-6,13H,7-12H2,1-3H3,(H,20,22). The summed E-state index contributed by atoms with van der Waals surface area (Å²) >= 11 is 0. The van der Waals surface area contributed by atoms with Crippen LogP contribution in [-0.4, -0.2) is 48.8 Å². The highest BCUT2D eigenvalue weighted by atomic mass is 16.7. The average molecular weight is 346 g/mol. The van der Waals surface area contributed by atoms with E-state index in [0.717, 1.165) is 5.56 Å². The predicted octanol–water partition coefficient (Wildman–Crippen LogP) is 2.33. The van der Waals surface area contributed by atoms with E-state index in [1.54, 1.807) is 18.7 Å². The Bertz CT molecular complexity index is 655. The quantitative estimate of drug-likeness (QED) is 0.853. The van der Waals surface area contributed by atoms with Crippen LogP contribution < -0.4 is 5.32 Å². The number of carbonyl (C=O) groups excluding carboxylic acids is 2. The Morgan fingerprint density at radius 1 is 1.16 bits per heavy atom. The molecular formula is C19H26N2O4. The molecule has 3 rings (SSSR count). The summed E-state index contributed by atoms with van der Waals surface area (Å²) in [6, 6.07) is 7.55. The van der Waals surface area contributed by atoms with E-state index < -0.39 is 11.2 Å². The van der Waals surface area contributed by atoms with Gasteiger partial charge in [0.05, 0.1) is 13.2 Å². The zero-order chi connectivity index (χ0) is 18.1. The Balaban J connectivity index is 1.63. The lowest BCUT2D eigenvalue weighted by molar-refractivity contribution is -0.189. The van der Waals surface area contributed by atoms with Gasteiger partial charge in [-0.05, 0) is 38.5 Å². The molecule has 1 N–H and O–H groups in total. The molecule has 1 aromatic carbocycles. The van der Waals surface area contributed by atoms with Crippen LogP contribution in [0, 0.1) is 12.3 Å². The van der Waals surface area contributed by atoms with Crippen LogP contribution in [-0.2, 0) is 19.1 Å². The third-order valence-electron chi connectivity index (χ3n) is 5.00. The van der Waals surface area contributed by atoms with Gasteiger partial charge in [0.2, 0.25) is 11.8 Å². The first-order valence-corrected chi connectivity index (χ1v) is 8.78. The Morgan fingerprint density at radius 2 is 1.80 bits per heavy atom. The molecule has 0 aliphatic carbocycles. The number of rotatable bonds is 3. The first-order chi connectivity index (χ1) is 11.8. The summed E-state index contributed by atoms with van der Waals surface area (Å²) in [4.78, 5) is 27.3. The molecule has 0 unspecified atom stereocenters. The van der Waals surface area contributed by atoms with E-state index in [4.69, 9.17) is 9.47 Å². The van der Waals surface area contributed by atoms with Gasteiger partial charge in [-0.2, -0.15) is 0 Å². The van der Waals surface area contributed by atoms with Crippen LogP contribution in [0.15, 0.2) is 24.3 Å². The van der Waals surface area contributed by atoms with E-state index in [1.807, 2.05) is 31.2 Å². The van der Waals surface area contributed by atoms with Crippen molar-refractivity contribution in [2.45, 2.75) is 39.4 Å². The Hall–Kier alpha value is -1.92. The molecule has 2 aliphatic heterocycles. The van der Waals surface area contributed by atoms with Crippen molar-refractivity contribution in [2.24, 2.45) is 5.41 Å². The van der Waals surface area contributed by atoms with Crippen molar-refractivity contribution < 1.29 is 19.1 Å². The molecule has 0 aromatic heterocycles. The molecular weight excluding hydrogens is 320 g/mol. The molecule has 0 radical (unpaired) electrons. The summed E-state index contributed by atoms with van der Waals surface area (Å²) in [6.45, 7) is 7.61. The predicted molar refractivity (Wildman–Crippen MR) is 94.0 cm³/mol. The van der Waals surface area contributed by atoms with Gasteiger partial charge >= 0.3 is 0 Å². The van der Waals surface area contributed by atoms with E-state index in [1.165, 1.54) is 0 Å². The topological polar surface area (TPSA) is 67.9 Å². The van der Waals surface area contributed by atoms with Crippen LogP contribution in [0.5, 0.6) is 0 Å². The molecule has 25 heavy (non-hydrogen) atoms. The van der Waals surface area contributed by atoms with E-state index >= 15 is 0 Å². The van der Waals surface area contributed by atoms with Crippen LogP contribution in [0.3, 0.4) is 0 Å². The number of hydrogen-bond acceptors (Lipinski definition) is 4. The normalized spacial score (nSPS) is 19.9. The van der Waals surface area contributed by atoms with Crippen molar-refractivity contribution in [1.82, 2.24) is 4.90 Å². The highest BCUT2D eigenvalue weighted by Crippen LogP contribution is 2.33. The number of nitrogens with one attached hydrogen (secondary N) is 1. The zero-order valence-corrected chi connectivity index (χ0v) is 15.1. The second-order valence-electron chi connectivity index (χ2n) is 7.35. The van der Waals surface area contributed by atoms with Crippen LogP contribution in [0.25, 0.3) is 0 Å². The van der Waals surface area contributed by atoms with E-state index in [0.29, 0.717) is 44.8 Å². The number of piperidine rings is 1. The fourth-order valence-electron chi connectivity index (χ4n) is 3.34. The van der Waals surface area contributed by atoms with Gasteiger partial charge < -0.3 is 19.7 Å². The maximum atomic E-state index is 12.9. The van der Waals surface area contributed by atoms with Gasteiger partial charge in [0.25, 0.3) is 0 Å². The van der Waals surface area contributed by atoms with Crippen LogP contribution in [0.1, 0.15) is 32.3 Å². The summed E-state index contributed by atoms with van der Waals surface area (Å²) in [5.74, 6) is -0.979. The van der Waals surface area contributed by atoms with Crippen LogP contribution >= 0.6 is 0 Å². The van der Waals surface area contributed by atoms with E-state index in [2.05, 4.69) is 5.32 Å². The lowest BCUT2D eigenvalue weighted by Crippen LogP contribution is -2.53. The van der Waals surface area contributed by atoms with Crippen molar-refractivity contribution in [3.63, 3.8) is 0 Å². The van der Waals surface area contributed by atoms with Gasteiger partial charge in [0, 0.05) is 31.6 Å². The van der Waals surface area contributed by atoms with E-state index in [-0.39, 0.29) is 11.8 Å². The number of nitrogens with zero attached hydrogens (tertiary/aromatic N) is 1. The molecule has 2 amide bonds. The fourth-order valence-corrected chi connectivity index (χ4v) is 3.34. The lowest BCUT2D eigenvalue weighted by Gasteiger charge is -2.40. The maximum absolute atomic E-state index is 12.9. The van der Waals surface area contributed by atoms with Gasteiger partial charge in [0.1, 0.15) is 5.41 Å². The number of amides is 2. The van der Waals surface area contributed by atoms with Gasteiger partial charge in [-0.3, -0.25) is 9.59 Å². The molecule has 0 saturated carbocycles. The van der Waals surface area contributed by atoms with Crippen LogP contribution in [0.4, 0.5) is 5.69 Å². The summed E-state index contributed by atoms with van der Waals surface area (Å²) in [5, 5.41) is 2.86. The molecule has 1 aromatic rings. The SMILES string of the molecule is Cc1cccc(NC(=O)C(C)(C)C(=O)N2CCC3(CC2)OCCO3)c1. The highest BCUT2D eigenvalue weighted by molar-refractivity contribution is 6.09. The first-order valence-electron chi connectivity index (χ1n) is 8.78. The Morgan fingerprint density at radius 3 is 2.40 bits per heavy atom. The molecule has 2 aliphatic rings. The third-order valence-corrected chi connectivity index (χ3v) is 5.00. The molecule has 2 heterocycles. The van der Waals surface area contributed by atoms with Crippen molar-refractivity contribution in [2.75, 3.05) is 31.6 Å². The van der Waals surface area contributed by atoms with Crippen molar-refractivity contribution >= 4 is 17.5 Å². The van der Waals surface area contributed by atoms with Gasteiger partial charge in [-0.1, -0.05) is 12.1 Å². The summed E-state index contributed by atoms with van der Waals surface area (Å²) in [6.07, 6.45) is 1.29. The minimum atomic E-state index is -1.13. The molecule has 1 spiro atoms. The molecule has 6 nitrogen and oxygen atoms in total. The molecule has 0 atom stereocenters. The third kappa shape index (κ3) is 3.70. The number of aryl methyl sites for hydroxylation is 1. The number of carbonyl (C=O) groups is 2. The molecule has 2 fully saturated rings.